The molecule has 1 heterocycles. The Morgan fingerprint density at radius 1 is 1.00 bits per heavy atom. The summed E-state index contributed by atoms with van der Waals surface area (Å²) in [5.41, 5.74) is 3.21. The molecule has 1 aromatic heterocycles. The van der Waals surface area contributed by atoms with Crippen molar-refractivity contribution in [2.45, 2.75) is 60.0 Å². The second-order valence-electron chi connectivity index (χ2n) is 5.61. The maximum absolute atomic E-state index is 4.66. The fraction of sp³-hybridized carbons (Fsp3) is 0.714. The van der Waals surface area contributed by atoms with E-state index in [1.807, 2.05) is 0 Å². The molecule has 3 nitrogen and oxygen atoms in total. The van der Waals surface area contributed by atoms with Crippen molar-refractivity contribution in [2.75, 3.05) is 7.05 Å². The maximum Gasteiger partial charge on any atom is 0.148 e. The van der Waals surface area contributed by atoms with Gasteiger partial charge in [0, 0.05) is 17.4 Å². The third-order valence-electron chi connectivity index (χ3n) is 3.84. The highest BCUT2D eigenvalue weighted by molar-refractivity contribution is 5.24. The summed E-state index contributed by atoms with van der Waals surface area (Å²) in [6.07, 6.45) is 0. The molecule has 0 spiro atoms. The van der Waals surface area contributed by atoms with Gasteiger partial charge in [0.15, 0.2) is 0 Å². The van der Waals surface area contributed by atoms with E-state index in [1.54, 1.807) is 0 Å². The molecular formula is C14H25N3. The topological polar surface area (TPSA) is 29.0 Å². The summed E-state index contributed by atoms with van der Waals surface area (Å²) in [7, 11) is 2.12. The summed E-state index contributed by atoms with van der Waals surface area (Å²) < 4.78 is 0. The molecule has 0 saturated heterocycles. The highest BCUT2D eigenvalue weighted by Gasteiger charge is 2.31. The number of aromatic nitrogens is 2. The van der Waals surface area contributed by atoms with Crippen LogP contribution in [0.3, 0.4) is 0 Å². The monoisotopic (exact) mass is 235 g/mol. The average molecular weight is 235 g/mol. The van der Waals surface area contributed by atoms with E-state index in [4.69, 9.17) is 0 Å². The van der Waals surface area contributed by atoms with Crippen molar-refractivity contribution in [1.82, 2.24) is 14.9 Å². The summed E-state index contributed by atoms with van der Waals surface area (Å²) in [4.78, 5) is 11.6. The molecule has 1 aromatic rings. The first-order chi connectivity index (χ1) is 7.67. The SMILES string of the molecule is Cc1nc(C(C)(C)N(C)C(C)C)nc(C)c1C. The van der Waals surface area contributed by atoms with Gasteiger partial charge >= 0.3 is 0 Å². The number of hydrogen-bond acceptors (Lipinski definition) is 3. The van der Waals surface area contributed by atoms with Crippen molar-refractivity contribution in [3.8, 4) is 0 Å². The third kappa shape index (κ3) is 2.65. The van der Waals surface area contributed by atoms with E-state index in [9.17, 15) is 0 Å². The molecule has 0 amide bonds. The lowest BCUT2D eigenvalue weighted by Crippen LogP contribution is -2.44. The van der Waals surface area contributed by atoms with Crippen molar-refractivity contribution in [3.05, 3.63) is 22.8 Å². The van der Waals surface area contributed by atoms with Crippen molar-refractivity contribution in [1.29, 1.82) is 0 Å². The smallest absolute Gasteiger partial charge is 0.148 e. The molecule has 0 aliphatic carbocycles. The van der Waals surface area contributed by atoms with Crippen LogP contribution in [0.4, 0.5) is 0 Å². The number of aryl methyl sites for hydroxylation is 2. The van der Waals surface area contributed by atoms with Crippen LogP contribution in [0.25, 0.3) is 0 Å². The predicted octanol–water partition coefficient (Wildman–Crippen LogP) is 2.98. The molecule has 0 bridgehead atoms. The largest absolute Gasteiger partial charge is 0.292 e. The van der Waals surface area contributed by atoms with Gasteiger partial charge in [0.25, 0.3) is 0 Å². The molecule has 0 N–H and O–H groups in total. The number of nitrogens with zero attached hydrogens (tertiary/aromatic N) is 3. The van der Waals surface area contributed by atoms with E-state index in [-0.39, 0.29) is 5.54 Å². The van der Waals surface area contributed by atoms with Crippen molar-refractivity contribution < 1.29 is 0 Å². The van der Waals surface area contributed by atoms with Crippen LogP contribution in [0.2, 0.25) is 0 Å². The van der Waals surface area contributed by atoms with E-state index in [0.717, 1.165) is 17.2 Å². The molecule has 0 saturated carbocycles. The Morgan fingerprint density at radius 3 is 1.76 bits per heavy atom. The molecular weight excluding hydrogens is 210 g/mol. The first-order valence-corrected chi connectivity index (χ1v) is 6.23. The van der Waals surface area contributed by atoms with Crippen LogP contribution < -0.4 is 0 Å². The lowest BCUT2D eigenvalue weighted by Gasteiger charge is -2.37. The minimum atomic E-state index is -0.141. The molecule has 0 unspecified atom stereocenters. The molecule has 1 rings (SSSR count). The Bertz CT molecular complexity index is 385. The molecule has 96 valence electrons. The van der Waals surface area contributed by atoms with Crippen LogP contribution in [0.5, 0.6) is 0 Å². The van der Waals surface area contributed by atoms with E-state index in [1.165, 1.54) is 5.56 Å². The Morgan fingerprint density at radius 2 is 1.41 bits per heavy atom. The molecule has 0 aliphatic rings. The Hall–Kier alpha value is -0.960. The van der Waals surface area contributed by atoms with E-state index >= 15 is 0 Å². The van der Waals surface area contributed by atoms with Gasteiger partial charge in [0.2, 0.25) is 0 Å². The van der Waals surface area contributed by atoms with Gasteiger partial charge in [-0.2, -0.15) is 0 Å². The fourth-order valence-electron chi connectivity index (χ4n) is 1.85. The highest BCUT2D eigenvalue weighted by atomic mass is 15.2. The van der Waals surface area contributed by atoms with Crippen LogP contribution >= 0.6 is 0 Å². The average Bonchev–Trinajstić information content (AvgIpc) is 2.23. The molecule has 0 fully saturated rings. The minimum Gasteiger partial charge on any atom is -0.292 e. The number of hydrogen-bond donors (Lipinski definition) is 0. The minimum absolute atomic E-state index is 0.141. The summed E-state index contributed by atoms with van der Waals surface area (Å²) in [6, 6.07) is 0.468. The van der Waals surface area contributed by atoms with Gasteiger partial charge in [-0.25, -0.2) is 9.97 Å². The standard InChI is InChI=1S/C14H25N3/c1-9(2)17(8)14(6,7)13-15-11(4)10(3)12(5)16-13/h9H,1-8H3. The van der Waals surface area contributed by atoms with Gasteiger partial charge in [0.1, 0.15) is 5.82 Å². The van der Waals surface area contributed by atoms with Crippen LogP contribution in [-0.4, -0.2) is 28.0 Å². The summed E-state index contributed by atoms with van der Waals surface area (Å²) >= 11 is 0. The molecule has 3 heteroatoms. The van der Waals surface area contributed by atoms with E-state index in [0.29, 0.717) is 6.04 Å². The van der Waals surface area contributed by atoms with Gasteiger partial charge < -0.3 is 0 Å². The second kappa shape index (κ2) is 4.73. The lowest BCUT2D eigenvalue weighted by atomic mass is 9.99. The normalized spacial score (nSPS) is 12.6. The summed E-state index contributed by atoms with van der Waals surface area (Å²) in [6.45, 7) is 14.9. The van der Waals surface area contributed by atoms with Gasteiger partial charge in [-0.1, -0.05) is 0 Å². The Labute approximate surface area is 105 Å². The van der Waals surface area contributed by atoms with E-state index in [2.05, 4.69) is 70.4 Å². The molecule has 0 atom stereocenters. The van der Waals surface area contributed by atoms with Gasteiger partial charge in [0.05, 0.1) is 5.54 Å². The Balaban J connectivity index is 3.24. The fourth-order valence-corrected chi connectivity index (χ4v) is 1.85. The zero-order valence-corrected chi connectivity index (χ0v) is 12.4. The van der Waals surface area contributed by atoms with Crippen molar-refractivity contribution in [2.24, 2.45) is 0 Å². The zero-order chi connectivity index (χ0) is 13.4. The van der Waals surface area contributed by atoms with Crippen LogP contribution in [-0.2, 0) is 5.54 Å². The van der Waals surface area contributed by atoms with Gasteiger partial charge in [-0.15, -0.1) is 0 Å². The molecule has 0 radical (unpaired) electrons. The van der Waals surface area contributed by atoms with Crippen molar-refractivity contribution in [3.63, 3.8) is 0 Å². The first kappa shape index (κ1) is 14.1. The van der Waals surface area contributed by atoms with Crippen LogP contribution in [0, 0.1) is 20.8 Å². The van der Waals surface area contributed by atoms with Crippen LogP contribution in [0.1, 0.15) is 50.5 Å². The third-order valence-corrected chi connectivity index (χ3v) is 3.84. The second-order valence-corrected chi connectivity index (χ2v) is 5.61. The Kier molecular flexibility index (Phi) is 3.92. The quantitative estimate of drug-likeness (QED) is 0.806. The van der Waals surface area contributed by atoms with Crippen molar-refractivity contribution >= 4 is 0 Å². The highest BCUT2D eigenvalue weighted by Crippen LogP contribution is 2.26. The van der Waals surface area contributed by atoms with Crippen LogP contribution in [0.15, 0.2) is 0 Å². The zero-order valence-electron chi connectivity index (χ0n) is 12.4. The molecule has 0 aromatic carbocycles. The maximum atomic E-state index is 4.66. The molecule has 17 heavy (non-hydrogen) atoms. The van der Waals surface area contributed by atoms with Gasteiger partial charge in [-0.3, -0.25) is 4.90 Å². The summed E-state index contributed by atoms with van der Waals surface area (Å²) in [5.74, 6) is 0.911. The first-order valence-electron chi connectivity index (χ1n) is 6.23. The molecule has 0 aliphatic heterocycles. The predicted molar refractivity (Wildman–Crippen MR) is 72.2 cm³/mol. The summed E-state index contributed by atoms with van der Waals surface area (Å²) in [5, 5.41) is 0. The van der Waals surface area contributed by atoms with E-state index < -0.39 is 0 Å². The van der Waals surface area contributed by atoms with Gasteiger partial charge in [-0.05, 0) is 61.1 Å². The number of rotatable bonds is 3. The lowest BCUT2D eigenvalue weighted by molar-refractivity contribution is 0.109.